The van der Waals surface area contributed by atoms with Gasteiger partial charge in [0, 0.05) is 37.9 Å². The van der Waals surface area contributed by atoms with Crippen molar-refractivity contribution in [2.45, 2.75) is 51.0 Å². The van der Waals surface area contributed by atoms with Gasteiger partial charge in [-0.25, -0.2) is 0 Å². The third-order valence-electron chi connectivity index (χ3n) is 4.35. The first-order valence-electron chi connectivity index (χ1n) is 8.11. The van der Waals surface area contributed by atoms with Crippen LogP contribution in [0.1, 0.15) is 44.1 Å². The summed E-state index contributed by atoms with van der Waals surface area (Å²) in [6, 6.07) is 4.63. The lowest BCUT2D eigenvalue weighted by atomic mass is 9.94. The summed E-state index contributed by atoms with van der Waals surface area (Å²) in [6.45, 7) is 1.70. The molecule has 4 nitrogen and oxygen atoms in total. The zero-order valence-electron chi connectivity index (χ0n) is 13.1. The van der Waals surface area contributed by atoms with Gasteiger partial charge in [0.25, 0.3) is 0 Å². The quantitative estimate of drug-likeness (QED) is 0.838. The molecule has 0 atom stereocenters. The van der Waals surface area contributed by atoms with Crippen LogP contribution in [0.25, 0.3) is 0 Å². The molecule has 1 heterocycles. The normalized spacial score (nSPS) is 16.1. The van der Waals surface area contributed by atoms with Gasteiger partial charge in [-0.15, -0.1) is 0 Å². The second-order valence-corrected chi connectivity index (χ2v) is 5.98. The zero-order chi connectivity index (χ0) is 14.9. The number of aromatic nitrogens is 1. The minimum atomic E-state index is 0.135. The molecule has 2 rings (SSSR count). The molecule has 1 N–H and O–H groups in total. The number of pyridine rings is 1. The molecule has 0 aliphatic heterocycles. The number of rotatable bonds is 7. The Morgan fingerprint density at radius 3 is 2.90 bits per heavy atom. The van der Waals surface area contributed by atoms with Crippen LogP contribution in [-0.4, -0.2) is 42.0 Å². The molecular weight excluding hydrogens is 262 g/mol. The van der Waals surface area contributed by atoms with Crippen molar-refractivity contribution in [3.05, 3.63) is 30.1 Å². The lowest BCUT2D eigenvalue weighted by molar-refractivity contribution is -0.121. The topological polar surface area (TPSA) is 45.2 Å². The fourth-order valence-corrected chi connectivity index (χ4v) is 2.97. The van der Waals surface area contributed by atoms with Crippen LogP contribution in [0.15, 0.2) is 24.5 Å². The smallest absolute Gasteiger partial charge is 0.220 e. The Morgan fingerprint density at radius 2 is 2.19 bits per heavy atom. The number of carbonyl (C=O) groups excluding carboxylic acids is 1. The molecule has 1 aliphatic rings. The summed E-state index contributed by atoms with van der Waals surface area (Å²) in [5, 5.41) is 3.02. The Morgan fingerprint density at radius 1 is 1.38 bits per heavy atom. The molecule has 0 unspecified atom stereocenters. The lowest BCUT2D eigenvalue weighted by Gasteiger charge is -2.31. The van der Waals surface area contributed by atoms with Gasteiger partial charge in [-0.3, -0.25) is 9.78 Å². The molecule has 21 heavy (non-hydrogen) atoms. The summed E-state index contributed by atoms with van der Waals surface area (Å²) in [7, 11) is 2.18. The van der Waals surface area contributed by atoms with Crippen LogP contribution in [0.4, 0.5) is 0 Å². The van der Waals surface area contributed by atoms with E-state index in [0.29, 0.717) is 12.5 Å². The second kappa shape index (κ2) is 8.78. The molecule has 0 aromatic carbocycles. The van der Waals surface area contributed by atoms with E-state index in [2.05, 4.69) is 22.2 Å². The number of hydrogen-bond donors (Lipinski definition) is 1. The summed E-state index contributed by atoms with van der Waals surface area (Å²) in [4.78, 5) is 18.3. The molecule has 0 bridgehead atoms. The SMILES string of the molecule is CN(CCNC(=O)CCc1cccnc1)C1CCCCC1. The van der Waals surface area contributed by atoms with E-state index in [0.717, 1.165) is 25.1 Å². The van der Waals surface area contributed by atoms with E-state index in [4.69, 9.17) is 0 Å². The summed E-state index contributed by atoms with van der Waals surface area (Å²) in [5.41, 5.74) is 1.12. The zero-order valence-corrected chi connectivity index (χ0v) is 13.1. The van der Waals surface area contributed by atoms with E-state index in [1.54, 1.807) is 6.20 Å². The molecule has 0 saturated heterocycles. The molecule has 1 aromatic heterocycles. The number of carbonyl (C=O) groups is 1. The standard InChI is InChI=1S/C17H27N3O/c1-20(16-7-3-2-4-8-16)13-12-19-17(21)10-9-15-6-5-11-18-14-15/h5-6,11,14,16H,2-4,7-10,12-13H2,1H3,(H,19,21). The predicted octanol–water partition coefficient (Wildman–Crippen LogP) is 2.39. The average Bonchev–Trinajstić information content (AvgIpc) is 2.54. The maximum Gasteiger partial charge on any atom is 0.220 e. The molecule has 1 fully saturated rings. The fraction of sp³-hybridized carbons (Fsp3) is 0.647. The number of aryl methyl sites for hydroxylation is 1. The molecular formula is C17H27N3O. The van der Waals surface area contributed by atoms with Crippen LogP contribution < -0.4 is 5.32 Å². The van der Waals surface area contributed by atoms with Gasteiger partial charge >= 0.3 is 0 Å². The lowest BCUT2D eigenvalue weighted by Crippen LogP contribution is -2.39. The van der Waals surface area contributed by atoms with Crippen molar-refractivity contribution in [3.8, 4) is 0 Å². The van der Waals surface area contributed by atoms with E-state index >= 15 is 0 Å². The van der Waals surface area contributed by atoms with Gasteiger partial charge in [0.15, 0.2) is 0 Å². The molecule has 0 radical (unpaired) electrons. The van der Waals surface area contributed by atoms with Crippen LogP contribution >= 0.6 is 0 Å². The minimum absolute atomic E-state index is 0.135. The first kappa shape index (κ1) is 16.0. The Kier molecular flexibility index (Phi) is 6.67. The first-order chi connectivity index (χ1) is 10.3. The van der Waals surface area contributed by atoms with Crippen molar-refractivity contribution in [2.24, 2.45) is 0 Å². The summed E-state index contributed by atoms with van der Waals surface area (Å²) in [6.07, 6.45) is 11.6. The minimum Gasteiger partial charge on any atom is -0.355 e. The highest BCUT2D eigenvalue weighted by Gasteiger charge is 2.17. The van der Waals surface area contributed by atoms with Crippen LogP contribution in [0.2, 0.25) is 0 Å². The third kappa shape index (κ3) is 5.84. The van der Waals surface area contributed by atoms with Gasteiger partial charge in [-0.05, 0) is 37.9 Å². The van der Waals surface area contributed by atoms with Crippen molar-refractivity contribution in [3.63, 3.8) is 0 Å². The second-order valence-electron chi connectivity index (χ2n) is 5.98. The monoisotopic (exact) mass is 289 g/mol. The van der Waals surface area contributed by atoms with E-state index in [9.17, 15) is 4.79 Å². The largest absolute Gasteiger partial charge is 0.355 e. The van der Waals surface area contributed by atoms with Crippen molar-refractivity contribution in [1.82, 2.24) is 15.2 Å². The first-order valence-corrected chi connectivity index (χ1v) is 8.11. The average molecular weight is 289 g/mol. The van der Waals surface area contributed by atoms with E-state index < -0.39 is 0 Å². The van der Waals surface area contributed by atoms with Gasteiger partial charge in [-0.2, -0.15) is 0 Å². The number of nitrogens with zero attached hydrogens (tertiary/aromatic N) is 2. The van der Waals surface area contributed by atoms with Crippen LogP contribution in [0, 0.1) is 0 Å². The molecule has 1 aromatic rings. The number of likely N-dealkylation sites (N-methyl/N-ethyl adjacent to an activating group) is 1. The number of amides is 1. The van der Waals surface area contributed by atoms with Gasteiger partial charge in [0.1, 0.15) is 0 Å². The van der Waals surface area contributed by atoms with Crippen LogP contribution in [-0.2, 0) is 11.2 Å². The summed E-state index contributed by atoms with van der Waals surface area (Å²) >= 11 is 0. The number of hydrogen-bond acceptors (Lipinski definition) is 3. The van der Waals surface area contributed by atoms with E-state index in [1.807, 2.05) is 18.3 Å². The summed E-state index contributed by atoms with van der Waals surface area (Å²) < 4.78 is 0. The predicted molar refractivity (Wildman–Crippen MR) is 85.1 cm³/mol. The Bertz CT molecular complexity index is 415. The van der Waals surface area contributed by atoms with E-state index in [1.165, 1.54) is 32.1 Å². The van der Waals surface area contributed by atoms with Crippen molar-refractivity contribution < 1.29 is 4.79 Å². The van der Waals surface area contributed by atoms with Crippen molar-refractivity contribution >= 4 is 5.91 Å². The number of nitrogens with one attached hydrogen (secondary N) is 1. The van der Waals surface area contributed by atoms with Gasteiger partial charge in [0.2, 0.25) is 5.91 Å². The highest BCUT2D eigenvalue weighted by atomic mass is 16.1. The maximum absolute atomic E-state index is 11.8. The van der Waals surface area contributed by atoms with Gasteiger partial charge in [-0.1, -0.05) is 25.3 Å². The Hall–Kier alpha value is -1.42. The molecule has 0 spiro atoms. The molecule has 1 aliphatic carbocycles. The highest BCUT2D eigenvalue weighted by molar-refractivity contribution is 5.76. The third-order valence-corrected chi connectivity index (χ3v) is 4.35. The maximum atomic E-state index is 11.8. The van der Waals surface area contributed by atoms with Crippen molar-refractivity contribution in [2.75, 3.05) is 20.1 Å². The van der Waals surface area contributed by atoms with Crippen LogP contribution in [0.5, 0.6) is 0 Å². The van der Waals surface area contributed by atoms with Gasteiger partial charge < -0.3 is 10.2 Å². The Labute approximate surface area is 127 Å². The van der Waals surface area contributed by atoms with Crippen LogP contribution in [0.3, 0.4) is 0 Å². The van der Waals surface area contributed by atoms with Crippen molar-refractivity contribution in [1.29, 1.82) is 0 Å². The highest BCUT2D eigenvalue weighted by Crippen LogP contribution is 2.21. The molecule has 4 heteroatoms. The Balaban J connectivity index is 1.58. The van der Waals surface area contributed by atoms with Gasteiger partial charge in [0.05, 0.1) is 0 Å². The molecule has 116 valence electrons. The van der Waals surface area contributed by atoms with E-state index in [-0.39, 0.29) is 5.91 Å². The molecule has 1 saturated carbocycles. The summed E-state index contributed by atoms with van der Waals surface area (Å²) in [5.74, 6) is 0.135. The fourth-order valence-electron chi connectivity index (χ4n) is 2.97. The molecule has 1 amide bonds.